The molecule has 2 saturated heterocycles. The van der Waals surface area contributed by atoms with Gasteiger partial charge in [0.2, 0.25) is 5.91 Å². The third-order valence-electron chi connectivity index (χ3n) is 3.51. The third kappa shape index (κ3) is 1.44. The van der Waals surface area contributed by atoms with Crippen LogP contribution in [0.2, 0.25) is 0 Å². The van der Waals surface area contributed by atoms with Gasteiger partial charge >= 0.3 is 5.97 Å². The first-order valence-corrected chi connectivity index (χ1v) is 5.76. The van der Waals surface area contributed by atoms with Gasteiger partial charge in [0.05, 0.1) is 6.61 Å². The lowest BCUT2D eigenvalue weighted by Gasteiger charge is -2.28. The Morgan fingerprint density at radius 1 is 1.62 bits per heavy atom. The van der Waals surface area contributed by atoms with E-state index >= 15 is 0 Å². The zero-order chi connectivity index (χ0) is 11.8. The summed E-state index contributed by atoms with van der Waals surface area (Å²) in [6, 6.07) is 0. The van der Waals surface area contributed by atoms with Gasteiger partial charge in [-0.25, -0.2) is 4.79 Å². The van der Waals surface area contributed by atoms with Crippen LogP contribution in [0, 0.1) is 0 Å². The van der Waals surface area contributed by atoms with Crippen molar-refractivity contribution in [3.05, 3.63) is 11.6 Å². The lowest BCUT2D eigenvalue weighted by molar-refractivity contribution is -0.157. The van der Waals surface area contributed by atoms with Crippen molar-refractivity contribution in [1.29, 1.82) is 0 Å². The second-order valence-electron chi connectivity index (χ2n) is 4.36. The van der Waals surface area contributed by atoms with Gasteiger partial charge in [-0.3, -0.25) is 4.79 Å². The molecule has 1 amide bonds. The summed E-state index contributed by atoms with van der Waals surface area (Å²) < 4.78 is 5.11. The number of allylic oxidation sites excluding steroid dienone is 1. The molecule has 0 saturated carbocycles. The Balaban J connectivity index is 2.29. The molecule has 0 N–H and O–H groups in total. The lowest BCUT2D eigenvalue weighted by Crippen LogP contribution is -2.48. The molecule has 0 aliphatic carbocycles. The lowest BCUT2D eigenvalue weighted by atomic mass is 9.92. The molecule has 0 spiro atoms. The molecule has 4 nitrogen and oxygen atoms in total. The molecule has 4 heteroatoms. The summed E-state index contributed by atoms with van der Waals surface area (Å²) in [6.45, 7) is 4.70. The van der Waals surface area contributed by atoms with Gasteiger partial charge in [-0.2, -0.15) is 0 Å². The molecule has 2 fully saturated rings. The predicted molar refractivity (Wildman–Crippen MR) is 58.7 cm³/mol. The Bertz CT molecular complexity index is 361. The van der Waals surface area contributed by atoms with Crippen LogP contribution in [0.25, 0.3) is 0 Å². The van der Waals surface area contributed by atoms with Gasteiger partial charge in [0, 0.05) is 19.4 Å². The van der Waals surface area contributed by atoms with Crippen molar-refractivity contribution < 1.29 is 14.3 Å². The van der Waals surface area contributed by atoms with E-state index in [2.05, 4.69) is 0 Å². The van der Waals surface area contributed by atoms with Crippen molar-refractivity contribution in [2.45, 2.75) is 38.6 Å². The average Bonchev–Trinajstić information content (AvgIpc) is 2.78. The maximum atomic E-state index is 12.0. The molecular weight excluding hydrogens is 206 g/mol. The van der Waals surface area contributed by atoms with Crippen LogP contribution in [0.15, 0.2) is 11.6 Å². The number of fused-ring (bicyclic) bond motifs is 1. The number of carbonyl (C=O) groups is 2. The van der Waals surface area contributed by atoms with E-state index in [1.807, 2.05) is 13.0 Å². The average molecular weight is 223 g/mol. The number of hydrogen-bond acceptors (Lipinski definition) is 3. The summed E-state index contributed by atoms with van der Waals surface area (Å²) in [4.78, 5) is 25.4. The number of hydrogen-bond donors (Lipinski definition) is 0. The normalized spacial score (nSPS) is 31.0. The second-order valence-corrected chi connectivity index (χ2v) is 4.36. The molecule has 0 aromatic carbocycles. The van der Waals surface area contributed by atoms with Gasteiger partial charge in [-0.1, -0.05) is 11.6 Å². The minimum Gasteiger partial charge on any atom is -0.464 e. The molecule has 16 heavy (non-hydrogen) atoms. The van der Waals surface area contributed by atoms with Crippen molar-refractivity contribution in [3.63, 3.8) is 0 Å². The fourth-order valence-electron chi connectivity index (χ4n) is 2.62. The Kier molecular flexibility index (Phi) is 2.74. The highest BCUT2D eigenvalue weighted by atomic mass is 16.5. The highest BCUT2D eigenvalue weighted by Crippen LogP contribution is 2.42. The number of amides is 1. The Morgan fingerprint density at radius 3 is 3.00 bits per heavy atom. The minimum absolute atomic E-state index is 0.0740. The van der Waals surface area contributed by atoms with Crippen molar-refractivity contribution in [2.75, 3.05) is 13.2 Å². The molecule has 1 atom stereocenters. The van der Waals surface area contributed by atoms with Crippen LogP contribution in [-0.2, 0) is 14.3 Å². The van der Waals surface area contributed by atoms with Crippen LogP contribution in [0.4, 0.5) is 0 Å². The maximum absolute atomic E-state index is 12.0. The Hall–Kier alpha value is -1.32. The summed E-state index contributed by atoms with van der Waals surface area (Å²) in [6.07, 6.45) is 3.71. The molecule has 0 aromatic rings. The van der Waals surface area contributed by atoms with Crippen LogP contribution in [0.1, 0.15) is 33.1 Å². The zero-order valence-electron chi connectivity index (χ0n) is 9.78. The van der Waals surface area contributed by atoms with Crippen molar-refractivity contribution in [1.82, 2.24) is 4.90 Å². The first-order chi connectivity index (χ1) is 7.64. The number of carbonyl (C=O) groups excluding carboxylic acids is 2. The van der Waals surface area contributed by atoms with Gasteiger partial charge in [0.15, 0.2) is 0 Å². The van der Waals surface area contributed by atoms with E-state index in [9.17, 15) is 9.59 Å². The summed E-state index contributed by atoms with van der Waals surface area (Å²) >= 11 is 0. The van der Waals surface area contributed by atoms with Gasteiger partial charge in [-0.05, 0) is 20.3 Å². The molecule has 2 rings (SSSR count). The number of rotatable bonds is 2. The predicted octanol–water partition coefficient (Wildman–Crippen LogP) is 1.26. The molecule has 0 aromatic heterocycles. The highest BCUT2D eigenvalue weighted by molar-refractivity contribution is 5.93. The standard InChI is InChI=1S/C12H17NO3/c1-3-9-7-12(11(15)16-4-2)6-5-10(14)13(12)8-9/h3H,4-8H2,1-2H3/b9-3+. The van der Waals surface area contributed by atoms with E-state index in [0.717, 1.165) is 5.57 Å². The van der Waals surface area contributed by atoms with Gasteiger partial charge in [-0.15, -0.1) is 0 Å². The minimum atomic E-state index is -0.686. The largest absolute Gasteiger partial charge is 0.464 e. The molecular formula is C12H17NO3. The van der Waals surface area contributed by atoms with Gasteiger partial charge in [0.1, 0.15) is 5.54 Å². The van der Waals surface area contributed by atoms with E-state index in [1.165, 1.54) is 0 Å². The molecule has 0 radical (unpaired) electrons. The maximum Gasteiger partial charge on any atom is 0.332 e. The van der Waals surface area contributed by atoms with Gasteiger partial charge in [0.25, 0.3) is 0 Å². The summed E-state index contributed by atoms with van der Waals surface area (Å²) in [5, 5.41) is 0. The van der Waals surface area contributed by atoms with Crippen LogP contribution >= 0.6 is 0 Å². The molecule has 0 bridgehead atoms. The van der Waals surface area contributed by atoms with Gasteiger partial charge < -0.3 is 9.64 Å². The summed E-state index contributed by atoms with van der Waals surface area (Å²) in [5.74, 6) is -0.164. The topological polar surface area (TPSA) is 46.6 Å². The van der Waals surface area contributed by atoms with E-state index in [4.69, 9.17) is 4.74 Å². The third-order valence-corrected chi connectivity index (χ3v) is 3.51. The van der Waals surface area contributed by atoms with Crippen molar-refractivity contribution in [2.24, 2.45) is 0 Å². The number of ether oxygens (including phenoxy) is 1. The monoisotopic (exact) mass is 223 g/mol. The van der Waals surface area contributed by atoms with Crippen LogP contribution < -0.4 is 0 Å². The fourth-order valence-corrected chi connectivity index (χ4v) is 2.62. The fraction of sp³-hybridized carbons (Fsp3) is 0.667. The van der Waals surface area contributed by atoms with E-state index in [1.54, 1.807) is 11.8 Å². The second kappa shape index (κ2) is 3.92. The van der Waals surface area contributed by atoms with E-state index in [0.29, 0.717) is 32.4 Å². The number of nitrogens with zero attached hydrogens (tertiary/aromatic N) is 1. The van der Waals surface area contributed by atoms with E-state index in [-0.39, 0.29) is 11.9 Å². The Labute approximate surface area is 95.2 Å². The molecule has 2 heterocycles. The summed E-state index contributed by atoms with van der Waals surface area (Å²) in [5.41, 5.74) is 0.468. The molecule has 2 aliphatic rings. The SMILES string of the molecule is C/C=C1/CN2C(=O)CCC2(C(=O)OCC)C1. The highest BCUT2D eigenvalue weighted by Gasteiger charge is 2.56. The molecule has 1 unspecified atom stereocenters. The summed E-state index contributed by atoms with van der Waals surface area (Å²) in [7, 11) is 0. The van der Waals surface area contributed by atoms with Crippen molar-refractivity contribution >= 4 is 11.9 Å². The zero-order valence-corrected chi connectivity index (χ0v) is 9.78. The Morgan fingerprint density at radius 2 is 2.38 bits per heavy atom. The van der Waals surface area contributed by atoms with Crippen molar-refractivity contribution in [3.8, 4) is 0 Å². The quantitative estimate of drug-likeness (QED) is 0.523. The van der Waals surface area contributed by atoms with E-state index < -0.39 is 5.54 Å². The first-order valence-electron chi connectivity index (χ1n) is 5.76. The molecule has 2 aliphatic heterocycles. The number of esters is 1. The molecule has 88 valence electrons. The first kappa shape index (κ1) is 11.2. The van der Waals surface area contributed by atoms with Crippen LogP contribution in [0.5, 0.6) is 0 Å². The van der Waals surface area contributed by atoms with Crippen LogP contribution in [0.3, 0.4) is 0 Å². The van der Waals surface area contributed by atoms with Crippen LogP contribution in [-0.4, -0.2) is 35.5 Å². The smallest absolute Gasteiger partial charge is 0.332 e.